The minimum Gasteiger partial charge on any atom is -0.369 e. The van der Waals surface area contributed by atoms with E-state index in [0.717, 1.165) is 12.0 Å². The average molecular weight is 252 g/mol. The van der Waals surface area contributed by atoms with E-state index in [0.29, 0.717) is 31.1 Å². The zero-order valence-electron chi connectivity index (χ0n) is 10.8. The number of carbonyl (C=O) groups is 1. The van der Waals surface area contributed by atoms with Gasteiger partial charge in [0.2, 0.25) is 5.91 Å². The summed E-state index contributed by atoms with van der Waals surface area (Å²) in [6.07, 6.45) is 2.77. The summed E-state index contributed by atoms with van der Waals surface area (Å²) in [6, 6.07) is 0. The molecule has 100 valence electrons. The van der Waals surface area contributed by atoms with Gasteiger partial charge >= 0.3 is 0 Å². The van der Waals surface area contributed by atoms with E-state index in [1.54, 1.807) is 0 Å². The van der Waals surface area contributed by atoms with Crippen molar-refractivity contribution in [2.45, 2.75) is 26.7 Å². The van der Waals surface area contributed by atoms with Gasteiger partial charge in [-0.2, -0.15) is 0 Å². The monoisotopic (exact) mass is 252 g/mol. The first-order valence-electron chi connectivity index (χ1n) is 5.97. The lowest BCUT2D eigenvalue weighted by Gasteiger charge is -2.10. The van der Waals surface area contributed by atoms with Crippen molar-refractivity contribution < 1.29 is 4.79 Å². The number of nitrogen functional groups attached to an aromatic ring is 1. The smallest absolute Gasteiger partial charge is 0.221 e. The second-order valence-corrected chi connectivity index (χ2v) is 3.87. The topological polar surface area (TPSA) is 105 Å². The Morgan fingerprint density at radius 1 is 1.33 bits per heavy atom. The number of hydrazine groups is 1. The van der Waals surface area contributed by atoms with Crippen molar-refractivity contribution in [2.75, 3.05) is 23.8 Å². The highest BCUT2D eigenvalue weighted by Crippen LogP contribution is 2.16. The van der Waals surface area contributed by atoms with Crippen molar-refractivity contribution in [1.82, 2.24) is 15.3 Å². The van der Waals surface area contributed by atoms with Crippen LogP contribution in [0.15, 0.2) is 6.33 Å². The van der Waals surface area contributed by atoms with E-state index in [1.165, 1.54) is 6.33 Å². The number of rotatable bonds is 7. The third kappa shape index (κ3) is 4.17. The Morgan fingerprint density at radius 2 is 2.06 bits per heavy atom. The van der Waals surface area contributed by atoms with Crippen molar-refractivity contribution in [2.24, 2.45) is 5.84 Å². The predicted molar refractivity (Wildman–Crippen MR) is 71.0 cm³/mol. The van der Waals surface area contributed by atoms with Crippen LogP contribution < -0.4 is 21.9 Å². The molecule has 1 amide bonds. The van der Waals surface area contributed by atoms with Crippen LogP contribution in [0.1, 0.15) is 25.3 Å². The molecule has 0 spiro atoms. The quantitative estimate of drug-likeness (QED) is 0.413. The first-order valence-corrected chi connectivity index (χ1v) is 5.97. The number of nitrogens with one attached hydrogen (secondary N) is 3. The SMILES string of the molecule is CCCNC(=O)CCNc1ncnc(NN)c1C. The molecule has 0 aliphatic rings. The van der Waals surface area contributed by atoms with Crippen LogP contribution in [0.4, 0.5) is 11.6 Å². The van der Waals surface area contributed by atoms with Crippen molar-refractivity contribution in [3.63, 3.8) is 0 Å². The van der Waals surface area contributed by atoms with Gasteiger partial charge in [0.25, 0.3) is 0 Å². The molecule has 1 aromatic heterocycles. The van der Waals surface area contributed by atoms with Gasteiger partial charge in [-0.3, -0.25) is 4.79 Å². The lowest BCUT2D eigenvalue weighted by molar-refractivity contribution is -0.120. The maximum absolute atomic E-state index is 11.4. The van der Waals surface area contributed by atoms with E-state index < -0.39 is 0 Å². The molecule has 18 heavy (non-hydrogen) atoms. The number of carbonyl (C=O) groups excluding carboxylic acids is 1. The molecule has 0 fully saturated rings. The van der Waals surface area contributed by atoms with Gasteiger partial charge in [0, 0.05) is 25.1 Å². The van der Waals surface area contributed by atoms with Crippen molar-refractivity contribution >= 4 is 17.5 Å². The van der Waals surface area contributed by atoms with Crippen LogP contribution in [0.25, 0.3) is 0 Å². The van der Waals surface area contributed by atoms with Crippen molar-refractivity contribution in [1.29, 1.82) is 0 Å². The Hall–Kier alpha value is -1.89. The summed E-state index contributed by atoms with van der Waals surface area (Å²) in [5.74, 6) is 6.61. The standard InChI is InChI=1S/C11H20N6O/c1-3-5-13-9(18)4-6-14-10-8(2)11(17-12)16-7-15-10/h7H,3-6,12H2,1-2H3,(H,13,18)(H2,14,15,16,17). The molecule has 0 unspecified atom stereocenters. The second-order valence-electron chi connectivity index (χ2n) is 3.87. The second kappa shape index (κ2) is 7.44. The largest absolute Gasteiger partial charge is 0.369 e. The molecule has 0 atom stereocenters. The van der Waals surface area contributed by atoms with Gasteiger partial charge in [0.1, 0.15) is 18.0 Å². The number of hydrogen-bond donors (Lipinski definition) is 4. The Labute approximate surface area is 107 Å². The molecule has 0 aliphatic carbocycles. The van der Waals surface area contributed by atoms with Crippen molar-refractivity contribution in [3.05, 3.63) is 11.9 Å². The molecule has 7 nitrogen and oxygen atoms in total. The molecule has 1 rings (SSSR count). The molecule has 0 aromatic carbocycles. The molecular weight excluding hydrogens is 232 g/mol. The number of hydrogen-bond acceptors (Lipinski definition) is 6. The van der Waals surface area contributed by atoms with E-state index >= 15 is 0 Å². The van der Waals surface area contributed by atoms with Crippen LogP contribution in [-0.2, 0) is 4.79 Å². The molecule has 1 aromatic rings. The fourth-order valence-corrected chi connectivity index (χ4v) is 1.42. The van der Waals surface area contributed by atoms with Gasteiger partial charge in [-0.1, -0.05) is 6.92 Å². The summed E-state index contributed by atoms with van der Waals surface area (Å²) in [6.45, 7) is 5.11. The molecule has 0 aliphatic heterocycles. The van der Waals surface area contributed by atoms with Crippen LogP contribution in [-0.4, -0.2) is 29.0 Å². The van der Waals surface area contributed by atoms with E-state index in [9.17, 15) is 4.79 Å². The van der Waals surface area contributed by atoms with Crippen LogP contribution in [0.5, 0.6) is 0 Å². The van der Waals surface area contributed by atoms with Crippen molar-refractivity contribution in [3.8, 4) is 0 Å². The molecule has 0 saturated heterocycles. The van der Waals surface area contributed by atoms with Crippen LogP contribution in [0, 0.1) is 6.92 Å². The van der Waals surface area contributed by atoms with Gasteiger partial charge in [-0.05, 0) is 13.3 Å². The normalized spacial score (nSPS) is 9.94. The predicted octanol–water partition coefficient (Wildman–Crippen LogP) is 0.399. The van der Waals surface area contributed by atoms with E-state index in [2.05, 4.69) is 26.0 Å². The van der Waals surface area contributed by atoms with Crippen LogP contribution in [0.2, 0.25) is 0 Å². The van der Waals surface area contributed by atoms with E-state index in [4.69, 9.17) is 5.84 Å². The Kier molecular flexibility index (Phi) is 5.86. The van der Waals surface area contributed by atoms with Gasteiger partial charge in [0.05, 0.1) is 0 Å². The number of nitrogens with zero attached hydrogens (tertiary/aromatic N) is 2. The van der Waals surface area contributed by atoms with E-state index in [1.807, 2.05) is 13.8 Å². The van der Waals surface area contributed by atoms with Gasteiger partial charge < -0.3 is 16.1 Å². The zero-order valence-corrected chi connectivity index (χ0v) is 10.8. The van der Waals surface area contributed by atoms with Crippen LogP contribution >= 0.6 is 0 Å². The zero-order chi connectivity index (χ0) is 13.4. The number of nitrogens with two attached hydrogens (primary N) is 1. The summed E-state index contributed by atoms with van der Waals surface area (Å²) >= 11 is 0. The molecular formula is C11H20N6O. The molecule has 0 radical (unpaired) electrons. The number of amides is 1. The Bertz CT molecular complexity index is 395. The Balaban J connectivity index is 2.42. The average Bonchev–Trinajstić information content (AvgIpc) is 2.38. The van der Waals surface area contributed by atoms with Gasteiger partial charge in [-0.25, -0.2) is 15.8 Å². The summed E-state index contributed by atoms with van der Waals surface area (Å²) in [5.41, 5.74) is 3.32. The number of aromatic nitrogens is 2. The molecule has 5 N–H and O–H groups in total. The first-order chi connectivity index (χ1) is 8.69. The third-order valence-corrected chi connectivity index (χ3v) is 2.44. The maximum Gasteiger partial charge on any atom is 0.221 e. The summed E-state index contributed by atoms with van der Waals surface area (Å²) < 4.78 is 0. The summed E-state index contributed by atoms with van der Waals surface area (Å²) in [4.78, 5) is 19.5. The third-order valence-electron chi connectivity index (χ3n) is 2.44. The molecule has 7 heteroatoms. The fourth-order valence-electron chi connectivity index (χ4n) is 1.42. The lowest BCUT2D eigenvalue weighted by Crippen LogP contribution is -2.26. The maximum atomic E-state index is 11.4. The van der Waals surface area contributed by atoms with Gasteiger partial charge in [0.15, 0.2) is 0 Å². The first kappa shape index (κ1) is 14.2. The highest BCUT2D eigenvalue weighted by molar-refractivity contribution is 5.76. The van der Waals surface area contributed by atoms with E-state index in [-0.39, 0.29) is 5.91 Å². The highest BCUT2D eigenvalue weighted by Gasteiger charge is 2.06. The fraction of sp³-hybridized carbons (Fsp3) is 0.545. The molecule has 1 heterocycles. The lowest BCUT2D eigenvalue weighted by atomic mass is 10.3. The van der Waals surface area contributed by atoms with Crippen LogP contribution in [0.3, 0.4) is 0 Å². The minimum atomic E-state index is 0.0354. The highest BCUT2D eigenvalue weighted by atomic mass is 16.1. The molecule has 0 bridgehead atoms. The molecule has 0 saturated carbocycles. The number of anilines is 2. The summed E-state index contributed by atoms with van der Waals surface area (Å²) in [5, 5.41) is 5.90. The Morgan fingerprint density at radius 3 is 2.72 bits per heavy atom. The van der Waals surface area contributed by atoms with Gasteiger partial charge in [-0.15, -0.1) is 0 Å². The minimum absolute atomic E-state index is 0.0354. The summed E-state index contributed by atoms with van der Waals surface area (Å²) in [7, 11) is 0.